The van der Waals surface area contributed by atoms with Crippen molar-refractivity contribution < 1.29 is 9.53 Å². The van der Waals surface area contributed by atoms with Crippen molar-refractivity contribution in [3.05, 3.63) is 47.4 Å². The number of anilines is 1. The number of hydrogen-bond donors (Lipinski definition) is 1. The van der Waals surface area contributed by atoms with Gasteiger partial charge < -0.3 is 10.1 Å². The molecular weight excluding hydrogens is 412 g/mol. The number of methoxy groups -OCH3 is 1. The van der Waals surface area contributed by atoms with Crippen LogP contribution in [0, 0.1) is 23.2 Å². The second-order valence-corrected chi connectivity index (χ2v) is 11.1. The lowest BCUT2D eigenvalue weighted by Crippen LogP contribution is -2.47. The molecule has 33 heavy (non-hydrogen) atoms. The maximum Gasteiger partial charge on any atom is 0.226 e. The SMILES string of the molecule is COc1ccc(CN2CCc3c(ncnc3NC(=O)CC34CC5CC(CC(C5)C3)C4)C2)cc1. The second-order valence-electron chi connectivity index (χ2n) is 11.1. The van der Waals surface area contributed by atoms with E-state index in [9.17, 15) is 4.79 Å². The third-order valence-corrected chi connectivity index (χ3v) is 8.61. The average molecular weight is 447 g/mol. The molecule has 4 bridgehead atoms. The van der Waals surface area contributed by atoms with Crippen molar-refractivity contribution in [3.63, 3.8) is 0 Å². The number of rotatable bonds is 6. The van der Waals surface area contributed by atoms with E-state index in [0.717, 1.165) is 66.6 Å². The van der Waals surface area contributed by atoms with Gasteiger partial charge in [-0.2, -0.15) is 0 Å². The summed E-state index contributed by atoms with van der Waals surface area (Å²) in [7, 11) is 1.69. The number of fused-ring (bicyclic) bond motifs is 1. The monoisotopic (exact) mass is 446 g/mol. The van der Waals surface area contributed by atoms with Crippen LogP contribution in [0.25, 0.3) is 0 Å². The quantitative estimate of drug-likeness (QED) is 0.703. The van der Waals surface area contributed by atoms with Gasteiger partial charge in [-0.15, -0.1) is 0 Å². The lowest BCUT2D eigenvalue weighted by molar-refractivity contribution is -0.124. The minimum atomic E-state index is 0.151. The van der Waals surface area contributed by atoms with Crippen molar-refractivity contribution in [2.24, 2.45) is 23.2 Å². The molecule has 2 heterocycles. The van der Waals surface area contributed by atoms with Gasteiger partial charge in [0, 0.05) is 31.6 Å². The Hall–Kier alpha value is -2.47. The summed E-state index contributed by atoms with van der Waals surface area (Å²) in [5.41, 5.74) is 3.66. The number of amides is 1. The van der Waals surface area contributed by atoms with Gasteiger partial charge in [-0.25, -0.2) is 9.97 Å². The van der Waals surface area contributed by atoms with Crippen molar-refractivity contribution in [2.75, 3.05) is 19.0 Å². The normalized spacial score (nSPS) is 30.2. The Morgan fingerprint density at radius 1 is 1.09 bits per heavy atom. The van der Waals surface area contributed by atoms with Gasteiger partial charge in [-0.05, 0) is 85.8 Å². The first kappa shape index (κ1) is 21.1. The molecule has 1 aliphatic heterocycles. The Balaban J connectivity index is 1.11. The smallest absolute Gasteiger partial charge is 0.226 e. The largest absolute Gasteiger partial charge is 0.497 e. The lowest BCUT2D eigenvalue weighted by Gasteiger charge is -2.56. The van der Waals surface area contributed by atoms with Crippen molar-refractivity contribution >= 4 is 11.7 Å². The van der Waals surface area contributed by atoms with Gasteiger partial charge in [0.1, 0.15) is 17.9 Å². The van der Waals surface area contributed by atoms with Crippen molar-refractivity contribution in [2.45, 2.75) is 64.5 Å². The third-order valence-electron chi connectivity index (χ3n) is 8.61. The van der Waals surface area contributed by atoms with E-state index in [4.69, 9.17) is 4.74 Å². The highest BCUT2D eigenvalue weighted by Crippen LogP contribution is 2.61. The number of nitrogens with zero attached hydrogens (tertiary/aromatic N) is 3. The summed E-state index contributed by atoms with van der Waals surface area (Å²) in [6.07, 6.45) is 11.1. The average Bonchev–Trinajstić information content (AvgIpc) is 2.78. The Morgan fingerprint density at radius 2 is 1.79 bits per heavy atom. The zero-order valence-electron chi connectivity index (χ0n) is 19.6. The van der Waals surface area contributed by atoms with E-state index in [1.165, 1.54) is 44.1 Å². The molecule has 0 unspecified atom stereocenters. The first-order chi connectivity index (χ1) is 16.1. The van der Waals surface area contributed by atoms with Crippen LogP contribution in [0.1, 0.15) is 61.8 Å². The molecule has 174 valence electrons. The molecular formula is C27H34N4O2. The van der Waals surface area contributed by atoms with Gasteiger partial charge in [-0.1, -0.05) is 12.1 Å². The van der Waals surface area contributed by atoms with Crippen LogP contribution in [0.15, 0.2) is 30.6 Å². The maximum atomic E-state index is 13.1. The van der Waals surface area contributed by atoms with Crippen LogP contribution in [0.2, 0.25) is 0 Å². The van der Waals surface area contributed by atoms with Crippen LogP contribution in [0.3, 0.4) is 0 Å². The fourth-order valence-electron chi connectivity index (χ4n) is 7.66. The molecule has 4 aliphatic carbocycles. The number of benzene rings is 1. The standard InChI is InChI=1S/C27H34N4O2/c1-33-22-4-2-18(3-5-22)15-31-7-6-23-24(16-31)28-17-29-26(23)30-25(32)14-27-11-19-8-20(12-27)10-21(9-19)13-27/h2-5,17,19-21H,6-16H2,1H3,(H,28,29,30,32). The Bertz CT molecular complexity index is 1000. The fourth-order valence-corrected chi connectivity index (χ4v) is 7.66. The molecule has 4 saturated carbocycles. The predicted molar refractivity (Wildman–Crippen MR) is 127 cm³/mol. The highest BCUT2D eigenvalue weighted by atomic mass is 16.5. The summed E-state index contributed by atoms with van der Waals surface area (Å²) in [4.78, 5) is 24.6. The zero-order chi connectivity index (χ0) is 22.4. The Kier molecular flexibility index (Phi) is 5.36. The molecule has 1 amide bonds. The summed E-state index contributed by atoms with van der Waals surface area (Å²) in [6.45, 7) is 2.59. The summed E-state index contributed by atoms with van der Waals surface area (Å²) in [5, 5.41) is 3.20. The summed E-state index contributed by atoms with van der Waals surface area (Å²) >= 11 is 0. The molecule has 6 nitrogen and oxygen atoms in total. The van der Waals surface area contributed by atoms with Crippen LogP contribution < -0.4 is 10.1 Å². The number of nitrogens with one attached hydrogen (secondary N) is 1. The molecule has 5 aliphatic rings. The highest BCUT2D eigenvalue weighted by Gasteiger charge is 2.51. The van der Waals surface area contributed by atoms with Gasteiger partial charge in [0.15, 0.2) is 0 Å². The molecule has 1 aromatic carbocycles. The molecule has 4 fully saturated rings. The minimum Gasteiger partial charge on any atom is -0.497 e. The van der Waals surface area contributed by atoms with Crippen LogP contribution in [0.4, 0.5) is 5.82 Å². The third kappa shape index (κ3) is 4.25. The highest BCUT2D eigenvalue weighted by molar-refractivity contribution is 5.91. The van der Waals surface area contributed by atoms with Gasteiger partial charge in [0.2, 0.25) is 5.91 Å². The minimum absolute atomic E-state index is 0.151. The number of hydrogen-bond acceptors (Lipinski definition) is 5. The van der Waals surface area contributed by atoms with E-state index < -0.39 is 0 Å². The van der Waals surface area contributed by atoms with Gasteiger partial charge >= 0.3 is 0 Å². The van der Waals surface area contributed by atoms with E-state index in [2.05, 4.69) is 32.3 Å². The van der Waals surface area contributed by atoms with Crippen LogP contribution in [0.5, 0.6) is 5.75 Å². The van der Waals surface area contributed by atoms with E-state index in [1.54, 1.807) is 13.4 Å². The molecule has 0 saturated heterocycles. The van der Waals surface area contributed by atoms with Gasteiger partial charge in [0.05, 0.1) is 12.8 Å². The van der Waals surface area contributed by atoms with Crippen LogP contribution >= 0.6 is 0 Å². The fraction of sp³-hybridized carbons (Fsp3) is 0.593. The topological polar surface area (TPSA) is 67.3 Å². The van der Waals surface area contributed by atoms with E-state index in [-0.39, 0.29) is 11.3 Å². The summed E-state index contributed by atoms with van der Waals surface area (Å²) in [6, 6.07) is 8.24. The second kappa shape index (κ2) is 8.39. The first-order valence-electron chi connectivity index (χ1n) is 12.6. The Labute approximate surface area is 196 Å². The number of ether oxygens (including phenoxy) is 1. The van der Waals surface area contributed by atoms with Crippen molar-refractivity contribution in [3.8, 4) is 5.75 Å². The molecule has 6 heteroatoms. The van der Waals surface area contributed by atoms with Gasteiger partial charge in [-0.3, -0.25) is 9.69 Å². The lowest BCUT2D eigenvalue weighted by atomic mass is 9.49. The first-order valence-corrected chi connectivity index (χ1v) is 12.6. The van der Waals surface area contributed by atoms with Crippen LogP contribution in [-0.2, 0) is 24.3 Å². The molecule has 2 aromatic rings. The zero-order valence-corrected chi connectivity index (χ0v) is 19.6. The molecule has 1 aromatic heterocycles. The summed E-state index contributed by atoms with van der Waals surface area (Å²) in [5.74, 6) is 4.37. The molecule has 0 atom stereocenters. The Morgan fingerprint density at radius 3 is 2.45 bits per heavy atom. The maximum absolute atomic E-state index is 13.1. The van der Waals surface area contributed by atoms with Crippen molar-refractivity contribution in [1.29, 1.82) is 0 Å². The molecule has 0 spiro atoms. The van der Waals surface area contributed by atoms with E-state index >= 15 is 0 Å². The number of carbonyl (C=O) groups excluding carboxylic acids is 1. The molecule has 0 radical (unpaired) electrons. The summed E-state index contributed by atoms with van der Waals surface area (Å²) < 4.78 is 5.26. The van der Waals surface area contributed by atoms with E-state index in [1.807, 2.05) is 12.1 Å². The number of aromatic nitrogens is 2. The van der Waals surface area contributed by atoms with Gasteiger partial charge in [0.25, 0.3) is 0 Å². The van der Waals surface area contributed by atoms with Crippen molar-refractivity contribution in [1.82, 2.24) is 14.9 Å². The molecule has 1 N–H and O–H groups in total. The molecule has 7 rings (SSSR count). The van der Waals surface area contributed by atoms with E-state index in [0.29, 0.717) is 6.42 Å². The predicted octanol–water partition coefficient (Wildman–Crippen LogP) is 4.59. The number of carbonyl (C=O) groups is 1. The van der Waals surface area contributed by atoms with Crippen LogP contribution in [-0.4, -0.2) is 34.4 Å².